The number of anilines is 1. The second kappa shape index (κ2) is 5.09. The molecule has 0 saturated carbocycles. The molecule has 19 heavy (non-hydrogen) atoms. The summed E-state index contributed by atoms with van der Waals surface area (Å²) in [4.78, 5) is 7.90. The maximum atomic E-state index is 12.4. The number of nitrogen functional groups attached to an aromatic ring is 1. The van der Waals surface area contributed by atoms with Crippen LogP contribution in [0.15, 0.2) is 36.5 Å². The Bertz CT molecular complexity index is 589. The summed E-state index contributed by atoms with van der Waals surface area (Å²) in [5, 5.41) is 0. The fourth-order valence-electron chi connectivity index (χ4n) is 1.42. The molecule has 0 atom stereocenters. The van der Waals surface area contributed by atoms with E-state index in [1.54, 1.807) is 18.2 Å². The predicted molar refractivity (Wildman–Crippen MR) is 66.8 cm³/mol. The molecule has 98 valence electrons. The Kier molecular flexibility index (Phi) is 3.50. The molecule has 2 aromatic rings. The molecule has 0 unspecified atom stereocenters. The molecule has 1 aromatic carbocycles. The van der Waals surface area contributed by atoms with Gasteiger partial charge >= 0.3 is 6.18 Å². The smallest absolute Gasteiger partial charge is 0.384 e. The predicted octanol–water partition coefficient (Wildman–Crippen LogP) is 3.25. The van der Waals surface area contributed by atoms with Gasteiger partial charge in [0.2, 0.25) is 0 Å². The van der Waals surface area contributed by atoms with E-state index in [1.807, 2.05) is 0 Å². The van der Waals surface area contributed by atoms with Crippen molar-refractivity contribution in [2.45, 2.75) is 6.18 Å². The van der Waals surface area contributed by atoms with Gasteiger partial charge in [-0.3, -0.25) is 0 Å². The molecule has 0 saturated heterocycles. The first-order valence-electron chi connectivity index (χ1n) is 5.39. The van der Waals surface area contributed by atoms with Gasteiger partial charge in [-0.25, -0.2) is 9.97 Å². The highest BCUT2D eigenvalue weighted by Crippen LogP contribution is 2.29. The van der Waals surface area contributed by atoms with Crippen LogP contribution in [0.1, 0.15) is 17.0 Å². The summed E-state index contributed by atoms with van der Waals surface area (Å²) < 4.78 is 37.1. The molecule has 0 aliphatic heterocycles. The van der Waals surface area contributed by atoms with Gasteiger partial charge in [0.1, 0.15) is 5.82 Å². The quantitative estimate of drug-likeness (QED) is 0.906. The summed E-state index contributed by atoms with van der Waals surface area (Å²) in [5.41, 5.74) is 5.43. The molecule has 0 bridgehead atoms. The van der Waals surface area contributed by atoms with Crippen LogP contribution in [0.3, 0.4) is 0 Å². The van der Waals surface area contributed by atoms with Crippen LogP contribution >= 0.6 is 0 Å². The Labute approximate surface area is 107 Å². The van der Waals surface area contributed by atoms with E-state index in [0.29, 0.717) is 17.2 Å². The average Bonchev–Trinajstić information content (AvgIpc) is 2.36. The summed E-state index contributed by atoms with van der Waals surface area (Å²) in [6.07, 6.45) is 0.391. The summed E-state index contributed by atoms with van der Waals surface area (Å²) in [6.45, 7) is 0. The standard InChI is InChI=1S/C13H10F3N3/c14-13(15,16)10-4-1-9(2-5-10)3-6-12-18-8-7-11(17)19-12/h1-8H,(H2,17,18,19)/b6-3+. The van der Waals surface area contributed by atoms with Crippen LogP contribution in [0.5, 0.6) is 0 Å². The highest BCUT2D eigenvalue weighted by molar-refractivity contribution is 5.67. The normalized spacial score (nSPS) is 11.9. The highest BCUT2D eigenvalue weighted by Gasteiger charge is 2.29. The molecule has 2 rings (SSSR count). The number of alkyl halides is 3. The first kappa shape index (κ1) is 13.1. The van der Waals surface area contributed by atoms with Gasteiger partial charge in [0.05, 0.1) is 5.56 Å². The molecule has 0 radical (unpaired) electrons. The van der Waals surface area contributed by atoms with E-state index in [0.717, 1.165) is 12.1 Å². The maximum absolute atomic E-state index is 12.4. The van der Waals surface area contributed by atoms with Gasteiger partial charge in [-0.2, -0.15) is 13.2 Å². The molecule has 6 heteroatoms. The molecular formula is C13H10F3N3. The molecule has 1 heterocycles. The number of aromatic nitrogens is 2. The zero-order valence-electron chi connectivity index (χ0n) is 9.72. The number of rotatable bonds is 2. The van der Waals surface area contributed by atoms with E-state index >= 15 is 0 Å². The third-order valence-electron chi connectivity index (χ3n) is 2.36. The molecule has 0 fully saturated rings. The second-order valence-electron chi connectivity index (χ2n) is 3.79. The van der Waals surface area contributed by atoms with Crippen LogP contribution in [0.4, 0.5) is 19.0 Å². The summed E-state index contributed by atoms with van der Waals surface area (Å²) in [7, 11) is 0. The maximum Gasteiger partial charge on any atom is 0.416 e. The Morgan fingerprint density at radius 1 is 1.00 bits per heavy atom. The summed E-state index contributed by atoms with van der Waals surface area (Å²) in [6, 6.07) is 6.37. The van der Waals surface area contributed by atoms with Gasteiger partial charge < -0.3 is 5.73 Å². The number of nitrogens with zero attached hydrogens (tertiary/aromatic N) is 2. The molecule has 2 N–H and O–H groups in total. The van der Waals surface area contributed by atoms with Crippen molar-refractivity contribution in [2.24, 2.45) is 0 Å². The lowest BCUT2D eigenvalue weighted by Gasteiger charge is -2.05. The highest BCUT2D eigenvalue weighted by atomic mass is 19.4. The van der Waals surface area contributed by atoms with Crippen molar-refractivity contribution in [3.8, 4) is 0 Å². The molecule has 0 amide bonds. The number of hydrogen-bond donors (Lipinski definition) is 1. The number of benzene rings is 1. The molecule has 0 spiro atoms. The minimum atomic E-state index is -4.32. The zero-order chi connectivity index (χ0) is 13.9. The van der Waals surface area contributed by atoms with E-state index in [4.69, 9.17) is 5.73 Å². The lowest BCUT2D eigenvalue weighted by atomic mass is 10.1. The average molecular weight is 265 g/mol. The van der Waals surface area contributed by atoms with Crippen molar-refractivity contribution in [2.75, 3.05) is 5.73 Å². The van der Waals surface area contributed by atoms with Gasteiger partial charge in [0.15, 0.2) is 5.82 Å². The lowest BCUT2D eigenvalue weighted by molar-refractivity contribution is -0.137. The van der Waals surface area contributed by atoms with Crippen molar-refractivity contribution < 1.29 is 13.2 Å². The van der Waals surface area contributed by atoms with Crippen LogP contribution in [-0.2, 0) is 6.18 Å². The van der Waals surface area contributed by atoms with Crippen molar-refractivity contribution in [3.63, 3.8) is 0 Å². The van der Waals surface area contributed by atoms with E-state index in [-0.39, 0.29) is 0 Å². The second-order valence-corrected chi connectivity index (χ2v) is 3.79. The minimum Gasteiger partial charge on any atom is -0.384 e. The van der Waals surface area contributed by atoms with E-state index in [1.165, 1.54) is 18.3 Å². The van der Waals surface area contributed by atoms with Gasteiger partial charge in [-0.1, -0.05) is 18.2 Å². The van der Waals surface area contributed by atoms with Gasteiger partial charge in [-0.05, 0) is 29.8 Å². The largest absolute Gasteiger partial charge is 0.416 e. The molecule has 0 aliphatic carbocycles. The van der Waals surface area contributed by atoms with Gasteiger partial charge in [0.25, 0.3) is 0 Å². The Hall–Kier alpha value is -2.37. The Morgan fingerprint density at radius 3 is 2.26 bits per heavy atom. The summed E-state index contributed by atoms with van der Waals surface area (Å²) >= 11 is 0. The van der Waals surface area contributed by atoms with Gasteiger partial charge in [0, 0.05) is 6.20 Å². The summed E-state index contributed by atoms with van der Waals surface area (Å²) in [5.74, 6) is 0.738. The number of nitrogens with two attached hydrogens (primary N) is 1. The van der Waals surface area contributed by atoms with Crippen molar-refractivity contribution in [3.05, 3.63) is 53.5 Å². The number of halogens is 3. The third kappa shape index (κ3) is 3.54. The SMILES string of the molecule is Nc1ccnc(/C=C/c2ccc(C(F)(F)F)cc2)n1. The minimum absolute atomic E-state index is 0.335. The van der Waals surface area contributed by atoms with Crippen molar-refractivity contribution in [1.82, 2.24) is 9.97 Å². The fraction of sp³-hybridized carbons (Fsp3) is 0.0769. The van der Waals surface area contributed by atoms with Crippen LogP contribution in [-0.4, -0.2) is 9.97 Å². The van der Waals surface area contributed by atoms with Crippen LogP contribution in [0, 0.1) is 0 Å². The first-order chi connectivity index (χ1) is 8.95. The van der Waals surface area contributed by atoms with Crippen molar-refractivity contribution >= 4 is 18.0 Å². The first-order valence-corrected chi connectivity index (χ1v) is 5.39. The van der Waals surface area contributed by atoms with Crippen LogP contribution in [0.2, 0.25) is 0 Å². The molecule has 3 nitrogen and oxygen atoms in total. The van der Waals surface area contributed by atoms with Crippen molar-refractivity contribution in [1.29, 1.82) is 0 Å². The van der Waals surface area contributed by atoms with E-state index in [2.05, 4.69) is 9.97 Å². The third-order valence-corrected chi connectivity index (χ3v) is 2.36. The lowest BCUT2D eigenvalue weighted by Crippen LogP contribution is -2.03. The van der Waals surface area contributed by atoms with E-state index < -0.39 is 11.7 Å². The number of hydrogen-bond acceptors (Lipinski definition) is 3. The zero-order valence-corrected chi connectivity index (χ0v) is 9.72. The van der Waals surface area contributed by atoms with Crippen LogP contribution in [0.25, 0.3) is 12.2 Å². The molecular weight excluding hydrogens is 255 g/mol. The Morgan fingerprint density at radius 2 is 1.68 bits per heavy atom. The topological polar surface area (TPSA) is 51.8 Å². The van der Waals surface area contributed by atoms with E-state index in [9.17, 15) is 13.2 Å². The van der Waals surface area contributed by atoms with Gasteiger partial charge in [-0.15, -0.1) is 0 Å². The Balaban J connectivity index is 2.16. The fourth-order valence-corrected chi connectivity index (χ4v) is 1.42. The van der Waals surface area contributed by atoms with Crippen LogP contribution < -0.4 is 5.73 Å². The monoisotopic (exact) mass is 265 g/mol. The molecule has 1 aromatic heterocycles. The molecule has 0 aliphatic rings.